The summed E-state index contributed by atoms with van der Waals surface area (Å²) in [6.45, 7) is 0. The van der Waals surface area contributed by atoms with E-state index in [0.29, 0.717) is 5.82 Å². The Kier molecular flexibility index (Phi) is 7.17. The highest BCUT2D eigenvalue weighted by molar-refractivity contribution is 6.26. The minimum atomic E-state index is 0.703. The van der Waals surface area contributed by atoms with Crippen molar-refractivity contribution in [3.63, 3.8) is 0 Å². The summed E-state index contributed by atoms with van der Waals surface area (Å²) in [7, 11) is 0. The lowest BCUT2D eigenvalue weighted by Gasteiger charge is -2.14. The zero-order chi connectivity index (χ0) is 36.3. The number of benzene rings is 9. The van der Waals surface area contributed by atoms with Crippen molar-refractivity contribution in [3.8, 4) is 50.6 Å². The topological polar surface area (TPSA) is 30.7 Å². The molecule has 0 atom stereocenters. The molecule has 0 saturated carbocycles. The van der Waals surface area contributed by atoms with E-state index in [-0.39, 0.29) is 0 Å². The van der Waals surface area contributed by atoms with Gasteiger partial charge < -0.3 is 4.57 Å². The van der Waals surface area contributed by atoms with Crippen LogP contribution in [0, 0.1) is 0 Å². The van der Waals surface area contributed by atoms with E-state index in [1.807, 2.05) is 6.07 Å². The fourth-order valence-corrected chi connectivity index (χ4v) is 8.34. The normalized spacial score (nSPS) is 11.6. The lowest BCUT2D eigenvalue weighted by molar-refractivity contribution is 1.18. The molecular formula is C52H33N3. The number of aromatic nitrogens is 3. The summed E-state index contributed by atoms with van der Waals surface area (Å²) in [6, 6.07) is 71.5. The van der Waals surface area contributed by atoms with E-state index in [0.717, 1.165) is 44.5 Å². The van der Waals surface area contributed by atoms with Gasteiger partial charge in [-0.05, 0) is 68.7 Å². The molecule has 0 spiro atoms. The Morgan fingerprint density at radius 1 is 0.345 bits per heavy atom. The SMILES string of the molecule is c1ccc(-c2ccc(-c3nc(-c4cccc(-c5ccccc5)c4)c4cc(-n5c6ccc7ccccc7c6c6ccc7ccccc7c65)ccc4n3)cc2)cc1. The van der Waals surface area contributed by atoms with E-state index < -0.39 is 0 Å². The van der Waals surface area contributed by atoms with Gasteiger partial charge in [-0.1, -0.05) is 170 Å². The smallest absolute Gasteiger partial charge is 0.160 e. The van der Waals surface area contributed by atoms with Gasteiger partial charge in [-0.25, -0.2) is 9.97 Å². The molecule has 256 valence electrons. The third kappa shape index (κ3) is 5.20. The van der Waals surface area contributed by atoms with E-state index in [1.54, 1.807) is 0 Å². The fourth-order valence-electron chi connectivity index (χ4n) is 8.34. The highest BCUT2D eigenvalue weighted by Gasteiger charge is 2.19. The van der Waals surface area contributed by atoms with Crippen LogP contribution in [-0.2, 0) is 0 Å². The predicted octanol–water partition coefficient (Wildman–Crippen LogP) is 13.7. The van der Waals surface area contributed by atoms with Gasteiger partial charge in [-0.15, -0.1) is 0 Å². The monoisotopic (exact) mass is 699 g/mol. The Bertz CT molecular complexity index is 3230. The molecular weight excluding hydrogens is 667 g/mol. The molecule has 0 fully saturated rings. The fraction of sp³-hybridized carbons (Fsp3) is 0. The molecule has 3 heteroatoms. The Balaban J connectivity index is 1.17. The first kappa shape index (κ1) is 31.2. The van der Waals surface area contributed by atoms with Gasteiger partial charge in [0.2, 0.25) is 0 Å². The van der Waals surface area contributed by atoms with Crippen LogP contribution in [-0.4, -0.2) is 14.5 Å². The van der Waals surface area contributed by atoms with Gasteiger partial charge in [-0.3, -0.25) is 0 Å². The molecule has 0 aliphatic rings. The van der Waals surface area contributed by atoms with E-state index >= 15 is 0 Å². The third-order valence-electron chi connectivity index (χ3n) is 11.0. The van der Waals surface area contributed by atoms with Crippen LogP contribution in [0.25, 0.3) is 105 Å². The number of hydrogen-bond donors (Lipinski definition) is 0. The Morgan fingerprint density at radius 2 is 0.945 bits per heavy atom. The van der Waals surface area contributed by atoms with Crippen LogP contribution in [0.15, 0.2) is 200 Å². The first-order valence-corrected chi connectivity index (χ1v) is 18.7. The van der Waals surface area contributed by atoms with Gasteiger partial charge in [0.1, 0.15) is 0 Å². The Morgan fingerprint density at radius 3 is 1.73 bits per heavy atom. The van der Waals surface area contributed by atoms with Crippen LogP contribution in [0.4, 0.5) is 0 Å². The highest BCUT2D eigenvalue weighted by atomic mass is 15.0. The Labute approximate surface area is 318 Å². The van der Waals surface area contributed by atoms with Crippen LogP contribution in [0.5, 0.6) is 0 Å². The number of hydrogen-bond acceptors (Lipinski definition) is 2. The molecule has 0 unspecified atom stereocenters. The van der Waals surface area contributed by atoms with Gasteiger partial charge in [0, 0.05) is 38.4 Å². The molecule has 11 rings (SSSR count). The minimum absolute atomic E-state index is 0.703. The van der Waals surface area contributed by atoms with Gasteiger partial charge >= 0.3 is 0 Å². The van der Waals surface area contributed by atoms with Gasteiger partial charge in [0.15, 0.2) is 5.82 Å². The lowest BCUT2D eigenvalue weighted by Crippen LogP contribution is -1.99. The van der Waals surface area contributed by atoms with Crippen molar-refractivity contribution in [2.45, 2.75) is 0 Å². The standard InChI is InChI=1S/C52H33N3/c1-3-12-34(13-4-1)36-22-24-39(25-23-36)52-53-47-30-28-42(33-46(47)50(54-52)41-19-11-18-40(32-41)35-14-5-2-6-15-35)55-48-31-27-37-16-7-9-20-43(37)49(48)45-29-26-38-17-8-10-21-44(38)51(45)55/h1-33H. The molecule has 0 aliphatic carbocycles. The summed E-state index contributed by atoms with van der Waals surface area (Å²) in [6.07, 6.45) is 0. The molecule has 0 radical (unpaired) electrons. The number of fused-ring (bicyclic) bond motifs is 8. The maximum Gasteiger partial charge on any atom is 0.160 e. The molecule has 11 aromatic rings. The minimum Gasteiger partial charge on any atom is -0.309 e. The first-order chi connectivity index (χ1) is 27.3. The van der Waals surface area contributed by atoms with Gasteiger partial charge in [0.05, 0.1) is 22.2 Å². The molecule has 55 heavy (non-hydrogen) atoms. The number of nitrogens with zero attached hydrogens (tertiary/aromatic N) is 3. The largest absolute Gasteiger partial charge is 0.309 e. The van der Waals surface area contributed by atoms with Gasteiger partial charge in [0.25, 0.3) is 0 Å². The Hall–Kier alpha value is -7.36. The maximum absolute atomic E-state index is 5.40. The molecule has 9 aromatic carbocycles. The average Bonchev–Trinajstić information content (AvgIpc) is 3.62. The second-order valence-corrected chi connectivity index (χ2v) is 14.2. The summed E-state index contributed by atoms with van der Waals surface area (Å²) in [4.78, 5) is 10.6. The second-order valence-electron chi connectivity index (χ2n) is 14.2. The second kappa shape index (κ2) is 12.6. The molecule has 2 aromatic heterocycles. The first-order valence-electron chi connectivity index (χ1n) is 18.7. The predicted molar refractivity (Wildman–Crippen MR) is 231 cm³/mol. The zero-order valence-corrected chi connectivity index (χ0v) is 29.9. The van der Waals surface area contributed by atoms with E-state index in [9.17, 15) is 0 Å². The van der Waals surface area contributed by atoms with Crippen LogP contribution in [0.2, 0.25) is 0 Å². The lowest BCUT2D eigenvalue weighted by atomic mass is 9.99. The van der Waals surface area contributed by atoms with Crippen LogP contribution < -0.4 is 0 Å². The van der Waals surface area contributed by atoms with Crippen LogP contribution >= 0.6 is 0 Å². The van der Waals surface area contributed by atoms with Gasteiger partial charge in [-0.2, -0.15) is 0 Å². The molecule has 0 amide bonds. The van der Waals surface area contributed by atoms with Crippen molar-refractivity contribution >= 4 is 54.3 Å². The van der Waals surface area contributed by atoms with Crippen molar-refractivity contribution < 1.29 is 0 Å². The third-order valence-corrected chi connectivity index (χ3v) is 11.0. The van der Waals surface area contributed by atoms with Crippen molar-refractivity contribution in [1.29, 1.82) is 0 Å². The quantitative estimate of drug-likeness (QED) is 0.179. The molecule has 3 nitrogen and oxygen atoms in total. The van der Waals surface area contributed by atoms with Crippen LogP contribution in [0.3, 0.4) is 0 Å². The summed E-state index contributed by atoms with van der Waals surface area (Å²) in [5.74, 6) is 0.703. The summed E-state index contributed by atoms with van der Waals surface area (Å²) < 4.78 is 2.44. The number of rotatable bonds is 5. The van der Waals surface area contributed by atoms with Crippen molar-refractivity contribution in [2.24, 2.45) is 0 Å². The zero-order valence-electron chi connectivity index (χ0n) is 29.9. The molecule has 2 heterocycles. The van der Waals surface area contributed by atoms with Crippen molar-refractivity contribution in [2.75, 3.05) is 0 Å². The van der Waals surface area contributed by atoms with Crippen LogP contribution in [0.1, 0.15) is 0 Å². The molecule has 0 bridgehead atoms. The van der Waals surface area contributed by atoms with Crippen molar-refractivity contribution in [1.82, 2.24) is 14.5 Å². The highest BCUT2D eigenvalue weighted by Crippen LogP contribution is 2.41. The summed E-state index contributed by atoms with van der Waals surface area (Å²) in [5, 5.41) is 8.44. The molecule has 0 N–H and O–H groups in total. The maximum atomic E-state index is 5.40. The van der Waals surface area contributed by atoms with E-state index in [2.05, 4.69) is 199 Å². The summed E-state index contributed by atoms with van der Waals surface area (Å²) in [5.41, 5.74) is 11.9. The summed E-state index contributed by atoms with van der Waals surface area (Å²) >= 11 is 0. The van der Waals surface area contributed by atoms with Crippen molar-refractivity contribution in [3.05, 3.63) is 200 Å². The van der Waals surface area contributed by atoms with E-state index in [4.69, 9.17) is 9.97 Å². The molecule has 0 aliphatic heterocycles. The molecule has 0 saturated heterocycles. The van der Waals surface area contributed by atoms with E-state index in [1.165, 1.54) is 54.5 Å². The average molecular weight is 700 g/mol.